The van der Waals surface area contributed by atoms with E-state index in [-0.39, 0.29) is 12.1 Å². The van der Waals surface area contributed by atoms with Gasteiger partial charge in [0.25, 0.3) is 0 Å². The number of aliphatic hydroxyl groups excluding tert-OH is 1. The molecule has 0 aromatic heterocycles. The maximum Gasteiger partial charge on any atom is 0.117 e. The van der Waals surface area contributed by atoms with Crippen LogP contribution in [0.2, 0.25) is 0 Å². The summed E-state index contributed by atoms with van der Waals surface area (Å²) in [6.07, 6.45) is 0.352. The van der Waals surface area contributed by atoms with Gasteiger partial charge in [-0.15, -0.1) is 0 Å². The zero-order valence-electron chi connectivity index (χ0n) is 7.29. The molecule has 1 heterocycles. The molecule has 0 amide bonds. The van der Waals surface area contributed by atoms with Gasteiger partial charge in [0, 0.05) is 12.6 Å². The van der Waals surface area contributed by atoms with Crippen LogP contribution >= 0.6 is 0 Å². The van der Waals surface area contributed by atoms with Gasteiger partial charge in [-0.25, -0.2) is 4.39 Å². The lowest BCUT2D eigenvalue weighted by molar-refractivity contribution is 0.116. The molecule has 0 aromatic carbocycles. The Hall–Kier alpha value is -0.190. The molecule has 72 valence electrons. The highest BCUT2D eigenvalue weighted by molar-refractivity contribution is 4.77. The van der Waals surface area contributed by atoms with Crippen molar-refractivity contribution in [3.63, 3.8) is 0 Å². The minimum atomic E-state index is -0.874. The molecule has 4 heteroatoms. The SMILES string of the molecule is CC1CC(NCC(O)CF)CO1. The van der Waals surface area contributed by atoms with E-state index in [1.807, 2.05) is 6.92 Å². The number of hydrogen-bond acceptors (Lipinski definition) is 3. The highest BCUT2D eigenvalue weighted by Gasteiger charge is 2.21. The molecular weight excluding hydrogens is 161 g/mol. The zero-order chi connectivity index (χ0) is 8.97. The lowest BCUT2D eigenvalue weighted by Gasteiger charge is -2.12. The second kappa shape index (κ2) is 4.74. The van der Waals surface area contributed by atoms with Crippen molar-refractivity contribution in [2.75, 3.05) is 19.8 Å². The summed E-state index contributed by atoms with van der Waals surface area (Å²) in [6, 6.07) is 0.279. The summed E-state index contributed by atoms with van der Waals surface area (Å²) in [5.41, 5.74) is 0. The number of halogens is 1. The van der Waals surface area contributed by atoms with Crippen molar-refractivity contribution >= 4 is 0 Å². The molecule has 3 atom stereocenters. The Morgan fingerprint density at radius 3 is 3.00 bits per heavy atom. The summed E-state index contributed by atoms with van der Waals surface area (Å²) in [6.45, 7) is 2.31. The van der Waals surface area contributed by atoms with Gasteiger partial charge in [-0.05, 0) is 13.3 Å². The summed E-state index contributed by atoms with van der Waals surface area (Å²) in [5.74, 6) is 0. The van der Waals surface area contributed by atoms with Crippen molar-refractivity contribution in [2.45, 2.75) is 31.6 Å². The molecule has 1 fully saturated rings. The van der Waals surface area contributed by atoms with Crippen LogP contribution in [0.3, 0.4) is 0 Å². The lowest BCUT2D eigenvalue weighted by Crippen LogP contribution is -2.36. The van der Waals surface area contributed by atoms with Gasteiger partial charge in [0.1, 0.15) is 6.67 Å². The van der Waals surface area contributed by atoms with Crippen LogP contribution in [0.5, 0.6) is 0 Å². The Kier molecular flexibility index (Phi) is 3.91. The van der Waals surface area contributed by atoms with Crippen LogP contribution in [-0.2, 0) is 4.74 Å². The minimum Gasteiger partial charge on any atom is -0.389 e. The molecule has 1 aliphatic heterocycles. The van der Waals surface area contributed by atoms with E-state index >= 15 is 0 Å². The van der Waals surface area contributed by atoms with Crippen LogP contribution in [0.25, 0.3) is 0 Å². The van der Waals surface area contributed by atoms with Crippen molar-refractivity contribution in [1.82, 2.24) is 5.32 Å². The van der Waals surface area contributed by atoms with E-state index in [0.717, 1.165) is 6.42 Å². The number of nitrogens with one attached hydrogen (secondary N) is 1. The topological polar surface area (TPSA) is 41.5 Å². The molecule has 3 nitrogen and oxygen atoms in total. The van der Waals surface area contributed by atoms with E-state index in [1.165, 1.54) is 0 Å². The molecule has 3 unspecified atom stereocenters. The van der Waals surface area contributed by atoms with Gasteiger partial charge in [-0.2, -0.15) is 0 Å². The number of ether oxygens (including phenoxy) is 1. The van der Waals surface area contributed by atoms with E-state index in [1.54, 1.807) is 0 Å². The molecule has 0 saturated carbocycles. The number of rotatable bonds is 4. The van der Waals surface area contributed by atoms with Crippen LogP contribution in [0.1, 0.15) is 13.3 Å². The fourth-order valence-electron chi connectivity index (χ4n) is 1.32. The van der Waals surface area contributed by atoms with Crippen LogP contribution in [0.15, 0.2) is 0 Å². The van der Waals surface area contributed by atoms with Crippen molar-refractivity contribution in [1.29, 1.82) is 0 Å². The van der Waals surface area contributed by atoms with E-state index in [0.29, 0.717) is 13.2 Å². The summed E-state index contributed by atoms with van der Waals surface area (Å²) >= 11 is 0. The minimum absolute atomic E-state index is 0.279. The van der Waals surface area contributed by atoms with Gasteiger partial charge in [0.05, 0.1) is 18.8 Å². The molecule has 0 spiro atoms. The van der Waals surface area contributed by atoms with Gasteiger partial charge in [-0.3, -0.25) is 0 Å². The standard InChI is InChI=1S/C8H16FNO2/c1-6-2-7(5-12-6)10-4-8(11)3-9/h6-8,10-11H,2-5H2,1H3. The molecule has 0 aliphatic carbocycles. The van der Waals surface area contributed by atoms with Crippen molar-refractivity contribution < 1.29 is 14.2 Å². The smallest absolute Gasteiger partial charge is 0.117 e. The highest BCUT2D eigenvalue weighted by Crippen LogP contribution is 2.11. The molecule has 0 aromatic rings. The number of alkyl halides is 1. The third-order valence-electron chi connectivity index (χ3n) is 2.02. The normalized spacial score (nSPS) is 32.2. The maximum atomic E-state index is 11.8. The van der Waals surface area contributed by atoms with E-state index in [4.69, 9.17) is 9.84 Å². The van der Waals surface area contributed by atoms with Crippen LogP contribution in [-0.4, -0.2) is 43.2 Å². The summed E-state index contributed by atoms with van der Waals surface area (Å²) in [7, 11) is 0. The van der Waals surface area contributed by atoms with Crippen molar-refractivity contribution in [3.8, 4) is 0 Å². The average molecular weight is 177 g/mol. The quantitative estimate of drug-likeness (QED) is 0.639. The van der Waals surface area contributed by atoms with Crippen molar-refractivity contribution in [2.24, 2.45) is 0 Å². The highest BCUT2D eigenvalue weighted by atomic mass is 19.1. The Labute approximate surface area is 71.9 Å². The van der Waals surface area contributed by atoms with Crippen LogP contribution in [0.4, 0.5) is 4.39 Å². The molecule has 2 N–H and O–H groups in total. The van der Waals surface area contributed by atoms with E-state index in [9.17, 15) is 4.39 Å². The average Bonchev–Trinajstić information content (AvgIpc) is 2.47. The van der Waals surface area contributed by atoms with Gasteiger partial charge in [-0.1, -0.05) is 0 Å². The second-order valence-corrected chi connectivity index (χ2v) is 3.29. The van der Waals surface area contributed by atoms with Gasteiger partial charge in [0.15, 0.2) is 0 Å². The van der Waals surface area contributed by atoms with Gasteiger partial charge in [0.2, 0.25) is 0 Å². The first-order valence-corrected chi connectivity index (χ1v) is 4.31. The first-order valence-electron chi connectivity index (χ1n) is 4.31. The predicted molar refractivity (Wildman–Crippen MR) is 43.8 cm³/mol. The van der Waals surface area contributed by atoms with Gasteiger partial charge >= 0.3 is 0 Å². The summed E-state index contributed by atoms with van der Waals surface area (Å²) in [5, 5.41) is 12.0. The third-order valence-corrected chi connectivity index (χ3v) is 2.02. The summed E-state index contributed by atoms with van der Waals surface area (Å²) < 4.78 is 17.1. The second-order valence-electron chi connectivity index (χ2n) is 3.29. The first-order chi connectivity index (χ1) is 5.72. The molecular formula is C8H16FNO2. The number of hydrogen-bond donors (Lipinski definition) is 2. The zero-order valence-corrected chi connectivity index (χ0v) is 7.29. The third kappa shape index (κ3) is 3.05. The van der Waals surface area contributed by atoms with Crippen LogP contribution in [0, 0.1) is 0 Å². The summed E-state index contributed by atoms with van der Waals surface area (Å²) in [4.78, 5) is 0. The molecule has 0 bridgehead atoms. The molecule has 12 heavy (non-hydrogen) atoms. The molecule has 1 saturated heterocycles. The Morgan fingerprint density at radius 1 is 1.75 bits per heavy atom. The Bertz CT molecular complexity index is 134. The first kappa shape index (κ1) is 9.89. The largest absolute Gasteiger partial charge is 0.389 e. The number of aliphatic hydroxyl groups is 1. The lowest BCUT2D eigenvalue weighted by atomic mass is 10.2. The molecule has 1 aliphatic rings. The van der Waals surface area contributed by atoms with E-state index in [2.05, 4.69) is 5.32 Å². The predicted octanol–water partition coefficient (Wildman–Crippen LogP) is 0.0838. The Balaban J connectivity index is 2.07. The maximum absolute atomic E-state index is 11.8. The fraction of sp³-hybridized carbons (Fsp3) is 1.00. The Morgan fingerprint density at radius 2 is 2.50 bits per heavy atom. The molecule has 0 radical (unpaired) electrons. The van der Waals surface area contributed by atoms with Gasteiger partial charge < -0.3 is 15.2 Å². The van der Waals surface area contributed by atoms with Crippen molar-refractivity contribution in [3.05, 3.63) is 0 Å². The fourth-order valence-corrected chi connectivity index (χ4v) is 1.32. The van der Waals surface area contributed by atoms with Crippen LogP contribution < -0.4 is 5.32 Å². The molecule has 1 rings (SSSR count). The van der Waals surface area contributed by atoms with E-state index < -0.39 is 12.8 Å². The monoisotopic (exact) mass is 177 g/mol.